The molecule has 2 heterocycles. The first kappa shape index (κ1) is 21.4. The Morgan fingerprint density at radius 2 is 2.00 bits per heavy atom. The summed E-state index contributed by atoms with van der Waals surface area (Å²) in [6, 6.07) is 9.87. The number of anilines is 1. The van der Waals surface area contributed by atoms with Gasteiger partial charge in [0, 0.05) is 24.0 Å². The number of nitrogens with zero attached hydrogens (tertiary/aromatic N) is 2. The quantitative estimate of drug-likeness (QED) is 0.659. The largest absolute Gasteiger partial charge is 0.452 e. The third kappa shape index (κ3) is 5.25. The van der Waals surface area contributed by atoms with E-state index in [4.69, 9.17) is 17.0 Å². The number of allylic oxidation sites excluding steroid dienone is 3. The highest BCUT2D eigenvalue weighted by atomic mass is 32.1. The van der Waals surface area contributed by atoms with E-state index in [1.165, 1.54) is 36.4 Å². The summed E-state index contributed by atoms with van der Waals surface area (Å²) in [4.78, 5) is 12.1. The van der Waals surface area contributed by atoms with Gasteiger partial charge < -0.3 is 15.4 Å². The summed E-state index contributed by atoms with van der Waals surface area (Å²) in [7, 11) is 0. The number of amides is 1. The second-order valence-electron chi connectivity index (χ2n) is 6.90. The highest BCUT2D eigenvalue weighted by Crippen LogP contribution is 2.29. The average Bonchev–Trinajstić information content (AvgIpc) is 2.77. The van der Waals surface area contributed by atoms with Crippen LogP contribution in [0.1, 0.15) is 12.0 Å². The zero-order valence-electron chi connectivity index (χ0n) is 16.7. The van der Waals surface area contributed by atoms with E-state index in [0.29, 0.717) is 17.0 Å². The molecule has 0 unspecified atom stereocenters. The molecule has 0 fully saturated rings. The first-order chi connectivity index (χ1) is 15.5. The van der Waals surface area contributed by atoms with Crippen molar-refractivity contribution in [3.63, 3.8) is 0 Å². The second kappa shape index (κ2) is 9.52. The Hall–Kier alpha value is -3.85. The summed E-state index contributed by atoms with van der Waals surface area (Å²) in [5.74, 6) is -0.832. The molecule has 2 aromatic carbocycles. The van der Waals surface area contributed by atoms with Crippen molar-refractivity contribution in [3.05, 3.63) is 95.5 Å². The molecular weight excluding hydrogens is 434 g/mol. The fourth-order valence-electron chi connectivity index (χ4n) is 3.07. The summed E-state index contributed by atoms with van der Waals surface area (Å²) in [5.41, 5.74) is 1.73. The molecule has 2 aromatic rings. The SMILES string of the molecule is O=C(Cc1ccc(F)cc1)NC(=S)Nc1ccc(OC2=CC=NN3C=CCC=C23)c(F)c1. The number of carbonyl (C=O) groups excluding carboxylic acids is 1. The molecular formula is C23H18F2N4O2S. The number of hydrogen-bond acceptors (Lipinski definition) is 5. The van der Waals surface area contributed by atoms with Gasteiger partial charge in [-0.3, -0.25) is 4.79 Å². The number of benzene rings is 2. The predicted octanol–water partition coefficient (Wildman–Crippen LogP) is 4.39. The Labute approximate surface area is 188 Å². The molecule has 9 heteroatoms. The molecule has 32 heavy (non-hydrogen) atoms. The highest BCUT2D eigenvalue weighted by molar-refractivity contribution is 7.80. The van der Waals surface area contributed by atoms with E-state index in [-0.39, 0.29) is 29.0 Å². The minimum atomic E-state index is -0.600. The number of hydrazone groups is 1. The maximum absolute atomic E-state index is 14.6. The lowest BCUT2D eigenvalue weighted by atomic mass is 10.1. The molecule has 0 saturated heterocycles. The lowest BCUT2D eigenvalue weighted by Gasteiger charge is -2.25. The van der Waals surface area contributed by atoms with E-state index in [1.807, 2.05) is 18.4 Å². The van der Waals surface area contributed by atoms with Crippen LogP contribution < -0.4 is 15.4 Å². The van der Waals surface area contributed by atoms with Gasteiger partial charge in [-0.05, 0) is 48.5 Å². The highest BCUT2D eigenvalue weighted by Gasteiger charge is 2.19. The molecule has 2 N–H and O–H groups in total. The summed E-state index contributed by atoms with van der Waals surface area (Å²) in [6.07, 6.45) is 9.70. The number of halogens is 2. The molecule has 0 spiro atoms. The molecule has 0 radical (unpaired) electrons. The number of thiocarbonyl (C=S) groups is 1. The van der Waals surface area contributed by atoms with Gasteiger partial charge in [-0.25, -0.2) is 13.8 Å². The van der Waals surface area contributed by atoms with Crippen molar-refractivity contribution >= 4 is 35.1 Å². The molecule has 0 aliphatic carbocycles. The molecule has 0 aromatic heterocycles. The summed E-state index contributed by atoms with van der Waals surface area (Å²) in [5, 5.41) is 11.1. The minimum absolute atomic E-state index is 0.0196. The Bertz CT molecular complexity index is 1170. The fourth-order valence-corrected chi connectivity index (χ4v) is 3.31. The molecule has 2 aliphatic rings. The van der Waals surface area contributed by atoms with Crippen LogP contribution in [0.15, 0.2) is 83.5 Å². The van der Waals surface area contributed by atoms with E-state index in [2.05, 4.69) is 15.7 Å². The van der Waals surface area contributed by atoms with Crippen LogP contribution in [0.25, 0.3) is 0 Å². The first-order valence-corrected chi connectivity index (χ1v) is 10.1. The maximum Gasteiger partial charge on any atom is 0.230 e. The molecule has 2 aliphatic heterocycles. The van der Waals surface area contributed by atoms with Gasteiger partial charge in [0.25, 0.3) is 0 Å². The molecule has 0 saturated carbocycles. The number of carbonyl (C=O) groups is 1. The van der Waals surface area contributed by atoms with Crippen molar-refractivity contribution in [1.29, 1.82) is 0 Å². The Balaban J connectivity index is 1.35. The lowest BCUT2D eigenvalue weighted by Crippen LogP contribution is -2.35. The first-order valence-electron chi connectivity index (χ1n) is 9.71. The van der Waals surface area contributed by atoms with Crippen molar-refractivity contribution in [2.45, 2.75) is 12.8 Å². The van der Waals surface area contributed by atoms with Crippen LogP contribution in [0.4, 0.5) is 14.5 Å². The number of ether oxygens (including phenoxy) is 1. The monoisotopic (exact) mass is 452 g/mol. The van der Waals surface area contributed by atoms with Gasteiger partial charge in [0.2, 0.25) is 5.91 Å². The van der Waals surface area contributed by atoms with E-state index < -0.39 is 5.82 Å². The standard InChI is InChI=1S/C23H18F2N4O2S/c24-16-6-4-15(5-7-16)13-22(30)28-23(32)27-17-8-9-20(18(25)14-17)31-21-10-11-26-29-12-2-1-3-19(21)29/h2-12,14H,1,13H2,(H2,27,28,30,32). The van der Waals surface area contributed by atoms with Gasteiger partial charge >= 0.3 is 0 Å². The van der Waals surface area contributed by atoms with Crippen molar-refractivity contribution in [1.82, 2.24) is 10.3 Å². The summed E-state index contributed by atoms with van der Waals surface area (Å²) in [6.45, 7) is 0. The molecule has 1 amide bonds. The van der Waals surface area contributed by atoms with E-state index >= 15 is 0 Å². The van der Waals surface area contributed by atoms with Crippen molar-refractivity contribution in [3.8, 4) is 5.75 Å². The molecule has 0 atom stereocenters. The van der Waals surface area contributed by atoms with Crippen molar-refractivity contribution < 1.29 is 18.3 Å². The molecule has 6 nitrogen and oxygen atoms in total. The second-order valence-corrected chi connectivity index (χ2v) is 7.31. The van der Waals surface area contributed by atoms with E-state index in [0.717, 1.165) is 12.1 Å². The van der Waals surface area contributed by atoms with Crippen LogP contribution in [0.2, 0.25) is 0 Å². The zero-order chi connectivity index (χ0) is 22.5. The van der Waals surface area contributed by atoms with Crippen LogP contribution in [-0.4, -0.2) is 22.2 Å². The van der Waals surface area contributed by atoms with E-state index in [1.54, 1.807) is 23.4 Å². The minimum Gasteiger partial charge on any atom is -0.452 e. The molecule has 162 valence electrons. The molecule has 4 rings (SSSR count). The van der Waals surface area contributed by atoms with Crippen LogP contribution in [0.5, 0.6) is 5.75 Å². The van der Waals surface area contributed by atoms with Crippen LogP contribution in [0.3, 0.4) is 0 Å². The summed E-state index contributed by atoms with van der Waals surface area (Å²) >= 11 is 5.12. The predicted molar refractivity (Wildman–Crippen MR) is 122 cm³/mol. The number of nitrogens with one attached hydrogen (secondary N) is 2. The van der Waals surface area contributed by atoms with Crippen LogP contribution >= 0.6 is 12.2 Å². The average molecular weight is 452 g/mol. The Kier molecular flexibility index (Phi) is 6.37. The Morgan fingerprint density at radius 3 is 2.78 bits per heavy atom. The topological polar surface area (TPSA) is 66.0 Å². The smallest absolute Gasteiger partial charge is 0.230 e. The number of rotatable bonds is 5. The fraction of sp³-hybridized carbons (Fsp3) is 0.0870. The van der Waals surface area contributed by atoms with Crippen LogP contribution in [-0.2, 0) is 11.2 Å². The van der Waals surface area contributed by atoms with Crippen molar-refractivity contribution in [2.24, 2.45) is 5.10 Å². The van der Waals surface area contributed by atoms with Gasteiger partial charge in [-0.15, -0.1) is 0 Å². The Morgan fingerprint density at radius 1 is 1.19 bits per heavy atom. The third-order valence-corrected chi connectivity index (χ3v) is 4.75. The van der Waals surface area contributed by atoms with Gasteiger partial charge in [-0.1, -0.05) is 24.3 Å². The number of fused-ring (bicyclic) bond motifs is 1. The summed E-state index contributed by atoms with van der Waals surface area (Å²) < 4.78 is 33.3. The van der Waals surface area contributed by atoms with Gasteiger partial charge in [-0.2, -0.15) is 5.10 Å². The van der Waals surface area contributed by atoms with Gasteiger partial charge in [0.15, 0.2) is 22.4 Å². The van der Waals surface area contributed by atoms with Crippen LogP contribution in [0, 0.1) is 11.6 Å². The van der Waals surface area contributed by atoms with E-state index in [9.17, 15) is 13.6 Å². The molecule has 0 bridgehead atoms. The normalized spacial score (nSPS) is 14.2. The maximum atomic E-state index is 14.6. The lowest BCUT2D eigenvalue weighted by molar-refractivity contribution is -0.119. The zero-order valence-corrected chi connectivity index (χ0v) is 17.5. The van der Waals surface area contributed by atoms with Gasteiger partial charge in [0.1, 0.15) is 11.5 Å². The number of hydrogen-bond donors (Lipinski definition) is 2. The van der Waals surface area contributed by atoms with Crippen molar-refractivity contribution in [2.75, 3.05) is 5.32 Å². The third-order valence-electron chi connectivity index (χ3n) is 4.55. The van der Waals surface area contributed by atoms with Gasteiger partial charge in [0.05, 0.1) is 12.6 Å².